The van der Waals surface area contributed by atoms with E-state index in [0.717, 1.165) is 32.6 Å². The van der Waals surface area contributed by atoms with Crippen LogP contribution in [0.3, 0.4) is 0 Å². The highest BCUT2D eigenvalue weighted by Crippen LogP contribution is 2.20. The summed E-state index contributed by atoms with van der Waals surface area (Å²) in [6.07, 6.45) is 1.86. The first-order chi connectivity index (χ1) is 11.3. The second-order valence-corrected chi connectivity index (χ2v) is 6.51. The maximum atomic E-state index is 4.67. The Bertz CT molecular complexity index is 879. The van der Waals surface area contributed by atoms with Crippen LogP contribution < -0.4 is 4.80 Å². The summed E-state index contributed by atoms with van der Waals surface area (Å²) in [4.78, 5) is 5.44. The van der Waals surface area contributed by atoms with Gasteiger partial charge in [0, 0.05) is 27.5 Å². The molecule has 0 N–H and O–H groups in total. The van der Waals surface area contributed by atoms with Gasteiger partial charge in [-0.2, -0.15) is 5.10 Å². The highest BCUT2D eigenvalue weighted by molar-refractivity contribution is 9.10. The van der Waals surface area contributed by atoms with Gasteiger partial charge in [-0.15, -0.1) is 11.3 Å². The van der Waals surface area contributed by atoms with Crippen LogP contribution in [0.5, 0.6) is 0 Å². The van der Waals surface area contributed by atoms with E-state index in [4.69, 9.17) is 0 Å². The smallest absolute Gasteiger partial charge is 0.206 e. The minimum Gasteiger partial charge on any atom is -0.258 e. The average molecular weight is 386 g/mol. The van der Waals surface area contributed by atoms with Gasteiger partial charge in [0.15, 0.2) is 0 Å². The van der Waals surface area contributed by atoms with Crippen molar-refractivity contribution in [2.45, 2.75) is 6.92 Å². The van der Waals surface area contributed by atoms with Gasteiger partial charge in [0.1, 0.15) is 0 Å². The second kappa shape index (κ2) is 7.53. The van der Waals surface area contributed by atoms with Gasteiger partial charge >= 0.3 is 0 Å². The number of hydrogen-bond acceptors (Lipinski definition) is 3. The summed E-state index contributed by atoms with van der Waals surface area (Å²) in [6.45, 7) is 2.77. The lowest BCUT2D eigenvalue weighted by atomic mass is 10.2. The fraction of sp³-hybridized carbons (Fsp3) is 0.111. The highest BCUT2D eigenvalue weighted by atomic mass is 79.9. The summed E-state index contributed by atoms with van der Waals surface area (Å²) < 4.78 is 2.93. The van der Waals surface area contributed by atoms with Gasteiger partial charge in [-0.25, -0.2) is 4.68 Å². The third-order valence-electron chi connectivity index (χ3n) is 3.27. The Morgan fingerprint density at radius 2 is 1.83 bits per heavy atom. The van der Waals surface area contributed by atoms with Crippen LogP contribution in [0.2, 0.25) is 0 Å². The molecule has 3 rings (SSSR count). The van der Waals surface area contributed by atoms with E-state index in [-0.39, 0.29) is 0 Å². The first-order valence-corrected chi connectivity index (χ1v) is 9.02. The molecule has 0 aliphatic rings. The van der Waals surface area contributed by atoms with Crippen molar-refractivity contribution in [3.8, 4) is 11.3 Å². The Labute approximate surface area is 147 Å². The van der Waals surface area contributed by atoms with Gasteiger partial charge in [0.25, 0.3) is 0 Å². The molecule has 23 heavy (non-hydrogen) atoms. The lowest BCUT2D eigenvalue weighted by molar-refractivity contribution is 0.833. The van der Waals surface area contributed by atoms with E-state index in [2.05, 4.69) is 43.5 Å². The summed E-state index contributed by atoms with van der Waals surface area (Å²) in [5.41, 5.74) is 3.21. The van der Waals surface area contributed by atoms with E-state index in [9.17, 15) is 0 Å². The Morgan fingerprint density at radius 3 is 2.57 bits per heavy atom. The van der Waals surface area contributed by atoms with Crippen molar-refractivity contribution in [1.29, 1.82) is 0 Å². The summed E-state index contributed by atoms with van der Waals surface area (Å²) >= 11 is 5.16. The molecule has 0 fully saturated rings. The first-order valence-electron chi connectivity index (χ1n) is 7.35. The third-order valence-corrected chi connectivity index (χ3v) is 4.84. The zero-order chi connectivity index (χ0) is 16.1. The number of hydrogen-bond donors (Lipinski definition) is 0. The number of nitrogens with zero attached hydrogens (tertiary/aromatic N) is 3. The number of rotatable bonds is 4. The van der Waals surface area contributed by atoms with Crippen LogP contribution in [0.1, 0.15) is 12.5 Å². The van der Waals surface area contributed by atoms with Crippen LogP contribution in [-0.2, 0) is 0 Å². The second-order valence-electron chi connectivity index (χ2n) is 4.82. The third kappa shape index (κ3) is 3.68. The molecule has 0 amide bonds. The molecule has 0 aliphatic carbocycles. The van der Waals surface area contributed by atoms with E-state index < -0.39 is 0 Å². The number of thiazole rings is 1. The Kier molecular flexibility index (Phi) is 5.20. The number of halogens is 1. The van der Waals surface area contributed by atoms with Crippen LogP contribution in [0.15, 0.2) is 74.5 Å². The van der Waals surface area contributed by atoms with Gasteiger partial charge < -0.3 is 0 Å². The van der Waals surface area contributed by atoms with E-state index >= 15 is 0 Å². The Morgan fingerprint density at radius 1 is 1.09 bits per heavy atom. The molecule has 0 aliphatic heterocycles. The minimum atomic E-state index is 0.735. The summed E-state index contributed by atoms with van der Waals surface area (Å²) in [5, 5.41) is 6.77. The first kappa shape index (κ1) is 15.9. The lowest BCUT2D eigenvalue weighted by Crippen LogP contribution is -2.12. The van der Waals surface area contributed by atoms with Crippen molar-refractivity contribution in [2.24, 2.45) is 10.1 Å². The molecule has 0 atom stereocenters. The zero-order valence-corrected chi connectivity index (χ0v) is 15.1. The fourth-order valence-electron chi connectivity index (χ4n) is 2.16. The molecule has 0 saturated heterocycles. The zero-order valence-electron chi connectivity index (χ0n) is 12.7. The standard InChI is InChI=1S/C18H16BrN3S/c1-2-20-18-22(21-12-15-10-6-7-11-16(15)19)17(13-23-18)14-8-4-3-5-9-14/h3-13H,2H2,1H3. The van der Waals surface area contributed by atoms with E-state index in [1.165, 1.54) is 0 Å². The van der Waals surface area contributed by atoms with Crippen molar-refractivity contribution in [1.82, 2.24) is 4.68 Å². The molecule has 0 bridgehead atoms. The Hall–Kier alpha value is -1.98. The van der Waals surface area contributed by atoms with Crippen molar-refractivity contribution in [2.75, 3.05) is 6.54 Å². The molecule has 116 valence electrons. The van der Waals surface area contributed by atoms with Crippen LogP contribution in [0.25, 0.3) is 11.3 Å². The lowest BCUT2D eigenvalue weighted by Gasteiger charge is -2.03. The molecule has 3 aromatic rings. The normalized spacial score (nSPS) is 12.2. The van der Waals surface area contributed by atoms with Gasteiger partial charge in [0.2, 0.25) is 4.80 Å². The van der Waals surface area contributed by atoms with Crippen molar-refractivity contribution >= 4 is 33.5 Å². The molecule has 5 heteroatoms. The molecular weight excluding hydrogens is 370 g/mol. The van der Waals surface area contributed by atoms with Gasteiger partial charge in [-0.05, 0) is 13.0 Å². The quantitative estimate of drug-likeness (QED) is 0.578. The Balaban J connectivity index is 2.08. The predicted octanol–water partition coefficient (Wildman–Crippen LogP) is 4.78. The number of benzene rings is 2. The van der Waals surface area contributed by atoms with Crippen molar-refractivity contribution < 1.29 is 0 Å². The SMILES string of the molecule is CCN=c1scc(-c2ccccc2)n1N=Cc1ccccc1Br. The number of aromatic nitrogens is 1. The topological polar surface area (TPSA) is 29.6 Å². The molecular formula is C18H16BrN3S. The van der Waals surface area contributed by atoms with Crippen LogP contribution in [-0.4, -0.2) is 17.4 Å². The summed E-state index contributed by atoms with van der Waals surface area (Å²) in [7, 11) is 0. The van der Waals surface area contributed by atoms with Crippen molar-refractivity contribution in [3.63, 3.8) is 0 Å². The average Bonchev–Trinajstić information content (AvgIpc) is 2.98. The van der Waals surface area contributed by atoms with Crippen LogP contribution in [0.4, 0.5) is 0 Å². The monoisotopic (exact) mass is 385 g/mol. The minimum absolute atomic E-state index is 0.735. The molecule has 0 saturated carbocycles. The molecule has 3 nitrogen and oxygen atoms in total. The van der Waals surface area contributed by atoms with Crippen molar-refractivity contribution in [3.05, 3.63) is 74.8 Å². The summed E-state index contributed by atoms with van der Waals surface area (Å²) in [5.74, 6) is 0. The van der Waals surface area contributed by atoms with E-state index in [1.807, 2.05) is 60.3 Å². The molecule has 0 spiro atoms. The van der Waals surface area contributed by atoms with Gasteiger partial charge in [0.05, 0.1) is 11.9 Å². The fourth-order valence-corrected chi connectivity index (χ4v) is 3.45. The van der Waals surface area contributed by atoms with Crippen LogP contribution >= 0.6 is 27.3 Å². The molecule has 1 aromatic heterocycles. The maximum absolute atomic E-state index is 4.67. The highest BCUT2D eigenvalue weighted by Gasteiger charge is 2.06. The molecule has 2 aromatic carbocycles. The molecule has 1 heterocycles. The summed E-state index contributed by atoms with van der Waals surface area (Å²) in [6, 6.07) is 18.3. The predicted molar refractivity (Wildman–Crippen MR) is 101 cm³/mol. The maximum Gasteiger partial charge on any atom is 0.206 e. The van der Waals surface area contributed by atoms with E-state index in [0.29, 0.717) is 0 Å². The molecule has 0 unspecified atom stereocenters. The molecule has 0 radical (unpaired) electrons. The van der Waals surface area contributed by atoms with Gasteiger partial charge in [-0.1, -0.05) is 64.5 Å². The van der Waals surface area contributed by atoms with Crippen LogP contribution in [0, 0.1) is 0 Å². The largest absolute Gasteiger partial charge is 0.258 e. The van der Waals surface area contributed by atoms with E-state index in [1.54, 1.807) is 11.3 Å². The van der Waals surface area contributed by atoms with Gasteiger partial charge in [-0.3, -0.25) is 4.99 Å².